The molecule has 4 heteroatoms. The highest BCUT2D eigenvalue weighted by atomic mass is 16.1. The summed E-state index contributed by atoms with van der Waals surface area (Å²) in [7, 11) is 0. The van der Waals surface area contributed by atoms with Crippen molar-refractivity contribution in [2.75, 3.05) is 0 Å². The van der Waals surface area contributed by atoms with Gasteiger partial charge in [0.05, 0.1) is 12.4 Å². The van der Waals surface area contributed by atoms with Crippen LogP contribution in [0.25, 0.3) is 0 Å². The van der Waals surface area contributed by atoms with Gasteiger partial charge < -0.3 is 10.8 Å². The largest absolute Gasteiger partial charge is 0.305 e. The fourth-order valence-corrected chi connectivity index (χ4v) is 3.48. The van der Waals surface area contributed by atoms with Crippen LogP contribution in [0.4, 0.5) is 0 Å². The lowest BCUT2D eigenvalue weighted by molar-refractivity contribution is -0.118. The Hall–Kier alpha value is -1.32. The average molecular weight is 304 g/mol. The third-order valence-corrected chi connectivity index (χ3v) is 5.58. The minimum absolute atomic E-state index is 0.0260. The summed E-state index contributed by atoms with van der Waals surface area (Å²) >= 11 is 0. The number of Topliss-reactive ketones (excluding diaryl/α,β-unsaturated/α-hetero) is 2. The molecule has 2 rings (SSSR count). The van der Waals surface area contributed by atoms with Crippen molar-refractivity contribution in [3.05, 3.63) is 0 Å². The van der Waals surface area contributed by atoms with Crippen molar-refractivity contribution in [2.24, 2.45) is 10.8 Å². The van der Waals surface area contributed by atoms with Gasteiger partial charge in [-0.1, -0.05) is 38.5 Å². The SMILES string of the molecule is N=CC(=O)C1(CCCCCCCCC2(C(=O)C=N)CC2)CC1. The molecule has 0 heterocycles. The maximum Gasteiger partial charge on any atom is 0.179 e. The summed E-state index contributed by atoms with van der Waals surface area (Å²) in [5.74, 6) is 0.0520. The Labute approximate surface area is 133 Å². The molecule has 0 unspecified atom stereocenters. The highest BCUT2D eigenvalue weighted by molar-refractivity contribution is 6.30. The van der Waals surface area contributed by atoms with Crippen LogP contribution in [0.3, 0.4) is 0 Å². The second-order valence-corrected chi connectivity index (χ2v) is 7.20. The van der Waals surface area contributed by atoms with Crippen LogP contribution in [0.15, 0.2) is 0 Å². The number of hydrogen-bond acceptors (Lipinski definition) is 4. The van der Waals surface area contributed by atoms with E-state index in [0.717, 1.165) is 76.6 Å². The van der Waals surface area contributed by atoms with Crippen molar-refractivity contribution in [2.45, 2.75) is 77.0 Å². The zero-order valence-electron chi connectivity index (χ0n) is 13.5. The Balaban J connectivity index is 1.47. The van der Waals surface area contributed by atoms with Crippen molar-refractivity contribution in [1.82, 2.24) is 0 Å². The van der Waals surface area contributed by atoms with Crippen molar-refractivity contribution in [1.29, 1.82) is 10.8 Å². The van der Waals surface area contributed by atoms with Crippen molar-refractivity contribution >= 4 is 24.0 Å². The summed E-state index contributed by atoms with van der Waals surface area (Å²) in [5.41, 5.74) is -0.291. The number of ketones is 2. The lowest BCUT2D eigenvalue weighted by atomic mass is 9.92. The number of hydrogen-bond donors (Lipinski definition) is 2. The summed E-state index contributed by atoms with van der Waals surface area (Å²) < 4.78 is 0. The fraction of sp³-hybridized carbons (Fsp3) is 0.778. The van der Waals surface area contributed by atoms with E-state index in [1.807, 2.05) is 0 Å². The smallest absolute Gasteiger partial charge is 0.179 e. The minimum atomic E-state index is -0.146. The Morgan fingerprint density at radius 1 is 0.682 bits per heavy atom. The van der Waals surface area contributed by atoms with Gasteiger partial charge in [0.1, 0.15) is 0 Å². The summed E-state index contributed by atoms with van der Waals surface area (Å²) in [6, 6.07) is 0. The van der Waals surface area contributed by atoms with E-state index in [0.29, 0.717) is 0 Å². The zero-order valence-corrected chi connectivity index (χ0v) is 13.5. The predicted molar refractivity (Wildman–Crippen MR) is 87.9 cm³/mol. The molecular weight excluding hydrogens is 276 g/mol. The second kappa shape index (κ2) is 7.30. The quantitative estimate of drug-likeness (QED) is 0.396. The molecule has 2 aliphatic rings. The molecule has 0 aromatic rings. The molecular formula is C18H28N2O2. The number of carbonyl (C=O) groups excluding carboxylic acids is 2. The van der Waals surface area contributed by atoms with Crippen molar-refractivity contribution < 1.29 is 9.59 Å². The molecule has 2 aliphatic carbocycles. The van der Waals surface area contributed by atoms with Gasteiger partial charge in [-0.15, -0.1) is 0 Å². The maximum absolute atomic E-state index is 11.6. The van der Waals surface area contributed by atoms with Gasteiger partial charge in [0.15, 0.2) is 11.6 Å². The standard InChI is InChI=1S/C18H28N2O2/c19-13-15(21)17(9-10-17)7-5-3-1-2-4-6-8-18(11-12-18)16(22)14-20/h13-14,19-20H,1-12H2. The lowest BCUT2D eigenvalue weighted by Crippen LogP contribution is -2.16. The van der Waals surface area contributed by atoms with Gasteiger partial charge >= 0.3 is 0 Å². The summed E-state index contributed by atoms with van der Waals surface area (Å²) in [4.78, 5) is 23.2. The number of nitrogens with one attached hydrogen (secondary N) is 2. The first-order chi connectivity index (χ1) is 10.6. The molecule has 0 atom stereocenters. The number of rotatable bonds is 13. The molecule has 0 aliphatic heterocycles. The molecule has 0 amide bonds. The van der Waals surface area contributed by atoms with Crippen LogP contribution in [-0.4, -0.2) is 24.0 Å². The van der Waals surface area contributed by atoms with E-state index in [2.05, 4.69) is 0 Å². The second-order valence-electron chi connectivity index (χ2n) is 7.20. The molecule has 0 saturated heterocycles. The molecule has 0 spiro atoms. The summed E-state index contributed by atoms with van der Waals surface area (Å²) in [6.45, 7) is 0. The molecule has 22 heavy (non-hydrogen) atoms. The average Bonchev–Trinajstić information content (AvgIpc) is 3.44. The van der Waals surface area contributed by atoms with Crippen molar-refractivity contribution in [3.63, 3.8) is 0 Å². The molecule has 2 saturated carbocycles. The van der Waals surface area contributed by atoms with Crippen LogP contribution in [0.2, 0.25) is 0 Å². The first kappa shape index (κ1) is 17.0. The first-order valence-corrected chi connectivity index (χ1v) is 8.68. The number of unbranched alkanes of at least 4 members (excludes halogenated alkanes) is 5. The van der Waals surface area contributed by atoms with E-state index in [4.69, 9.17) is 10.8 Å². The Morgan fingerprint density at radius 3 is 1.27 bits per heavy atom. The molecule has 0 aromatic heterocycles. The van der Waals surface area contributed by atoms with Crippen LogP contribution in [0.1, 0.15) is 77.0 Å². The van der Waals surface area contributed by atoms with Gasteiger partial charge in [0.25, 0.3) is 0 Å². The van der Waals surface area contributed by atoms with E-state index in [9.17, 15) is 9.59 Å². The van der Waals surface area contributed by atoms with Crippen LogP contribution in [0.5, 0.6) is 0 Å². The van der Waals surface area contributed by atoms with E-state index in [1.54, 1.807) is 0 Å². The highest BCUT2D eigenvalue weighted by Crippen LogP contribution is 2.51. The minimum Gasteiger partial charge on any atom is -0.305 e. The van der Waals surface area contributed by atoms with Gasteiger partial charge in [-0.2, -0.15) is 0 Å². The lowest BCUT2D eigenvalue weighted by Gasteiger charge is -2.11. The predicted octanol–water partition coefficient (Wildman–Crippen LogP) is 4.10. The summed E-state index contributed by atoms with van der Waals surface area (Å²) in [6.07, 6.45) is 14.7. The van der Waals surface area contributed by atoms with Gasteiger partial charge in [-0.05, 0) is 38.5 Å². The van der Waals surface area contributed by atoms with Crippen molar-refractivity contribution in [3.8, 4) is 0 Å². The van der Waals surface area contributed by atoms with Gasteiger partial charge in [-0.3, -0.25) is 9.59 Å². The fourth-order valence-electron chi connectivity index (χ4n) is 3.48. The summed E-state index contributed by atoms with van der Waals surface area (Å²) in [5, 5.41) is 14.2. The van der Waals surface area contributed by atoms with Crippen LogP contribution in [-0.2, 0) is 9.59 Å². The van der Waals surface area contributed by atoms with E-state index >= 15 is 0 Å². The topological polar surface area (TPSA) is 81.8 Å². The van der Waals surface area contributed by atoms with E-state index in [-0.39, 0.29) is 22.4 Å². The van der Waals surface area contributed by atoms with Gasteiger partial charge in [-0.25, -0.2) is 0 Å². The van der Waals surface area contributed by atoms with E-state index < -0.39 is 0 Å². The van der Waals surface area contributed by atoms with Gasteiger partial charge in [0, 0.05) is 10.8 Å². The monoisotopic (exact) mass is 304 g/mol. The molecule has 4 nitrogen and oxygen atoms in total. The third kappa shape index (κ3) is 4.11. The number of carbonyl (C=O) groups is 2. The molecule has 2 fully saturated rings. The molecule has 122 valence electrons. The zero-order chi connectivity index (χ0) is 16.1. The first-order valence-electron chi connectivity index (χ1n) is 8.68. The molecule has 0 radical (unpaired) electrons. The third-order valence-electron chi connectivity index (χ3n) is 5.58. The Kier molecular flexibility index (Phi) is 5.65. The Morgan fingerprint density at radius 2 is 1.00 bits per heavy atom. The van der Waals surface area contributed by atoms with Crippen LogP contribution >= 0.6 is 0 Å². The maximum atomic E-state index is 11.6. The molecule has 0 aromatic carbocycles. The molecule has 2 N–H and O–H groups in total. The van der Waals surface area contributed by atoms with Gasteiger partial charge in [0.2, 0.25) is 0 Å². The van der Waals surface area contributed by atoms with Crippen LogP contribution < -0.4 is 0 Å². The molecule has 0 bridgehead atoms. The van der Waals surface area contributed by atoms with E-state index in [1.165, 1.54) is 12.8 Å². The normalized spacial score (nSPS) is 20.2. The highest BCUT2D eigenvalue weighted by Gasteiger charge is 2.48. The Bertz CT molecular complexity index is 406. The van der Waals surface area contributed by atoms with Crippen LogP contribution in [0, 0.1) is 21.6 Å².